The van der Waals surface area contributed by atoms with Crippen LogP contribution in [-0.2, 0) is 16.0 Å². The maximum atomic E-state index is 12.2. The number of benzene rings is 1. The van der Waals surface area contributed by atoms with Crippen molar-refractivity contribution in [2.75, 3.05) is 6.54 Å². The highest BCUT2D eigenvalue weighted by Gasteiger charge is 2.43. The van der Waals surface area contributed by atoms with Crippen LogP contribution in [0.3, 0.4) is 0 Å². The van der Waals surface area contributed by atoms with Crippen LogP contribution in [0.4, 0.5) is 4.79 Å². The molecule has 1 unspecified atom stereocenters. The Bertz CT molecular complexity index is 684. The minimum absolute atomic E-state index is 0.0389. The van der Waals surface area contributed by atoms with E-state index in [1.54, 1.807) is 13.8 Å². The van der Waals surface area contributed by atoms with Gasteiger partial charge < -0.3 is 10.6 Å². The molecule has 0 spiro atoms. The van der Waals surface area contributed by atoms with E-state index < -0.39 is 5.54 Å². The van der Waals surface area contributed by atoms with Gasteiger partial charge in [-0.2, -0.15) is 0 Å². The molecule has 1 aromatic rings. The highest BCUT2D eigenvalue weighted by Crippen LogP contribution is 2.30. The van der Waals surface area contributed by atoms with Crippen LogP contribution in [0, 0.1) is 0 Å². The monoisotopic (exact) mass is 329 g/mol. The van der Waals surface area contributed by atoms with E-state index in [-0.39, 0.29) is 30.4 Å². The molecule has 4 amide bonds. The minimum atomic E-state index is -0.854. The Kier molecular flexibility index (Phi) is 4.30. The van der Waals surface area contributed by atoms with Crippen molar-refractivity contribution in [1.29, 1.82) is 0 Å². The number of hydrogen-bond acceptors (Lipinski definition) is 3. The van der Waals surface area contributed by atoms with Crippen LogP contribution in [-0.4, -0.2) is 34.8 Å². The van der Waals surface area contributed by atoms with Crippen molar-refractivity contribution in [3.05, 3.63) is 35.4 Å². The van der Waals surface area contributed by atoms with E-state index in [2.05, 4.69) is 22.8 Å². The molecule has 6 nitrogen and oxygen atoms in total. The first-order valence-electron chi connectivity index (χ1n) is 8.40. The Labute approximate surface area is 141 Å². The summed E-state index contributed by atoms with van der Waals surface area (Å²) in [6.07, 6.45) is 2.68. The van der Waals surface area contributed by atoms with Crippen molar-refractivity contribution in [2.24, 2.45) is 0 Å². The maximum Gasteiger partial charge on any atom is 0.325 e. The molecule has 0 bridgehead atoms. The third-order valence-electron chi connectivity index (χ3n) is 4.70. The smallest absolute Gasteiger partial charge is 0.325 e. The molecule has 0 saturated carbocycles. The van der Waals surface area contributed by atoms with E-state index in [1.807, 2.05) is 12.1 Å². The van der Waals surface area contributed by atoms with Crippen LogP contribution < -0.4 is 10.6 Å². The molecule has 0 radical (unpaired) electrons. The largest absolute Gasteiger partial charge is 0.349 e. The highest BCUT2D eigenvalue weighted by molar-refractivity contribution is 6.06. The molecule has 1 aliphatic carbocycles. The molecule has 0 aromatic heterocycles. The first-order valence-corrected chi connectivity index (χ1v) is 8.40. The Hall–Kier alpha value is -2.37. The number of nitrogens with zero attached hydrogens (tertiary/aromatic N) is 1. The summed E-state index contributed by atoms with van der Waals surface area (Å²) in [6.45, 7) is 3.62. The van der Waals surface area contributed by atoms with E-state index in [1.165, 1.54) is 16.0 Å². The number of imide groups is 1. The van der Waals surface area contributed by atoms with Crippen molar-refractivity contribution in [1.82, 2.24) is 15.5 Å². The molecule has 1 aliphatic heterocycles. The van der Waals surface area contributed by atoms with E-state index in [4.69, 9.17) is 0 Å². The number of urea groups is 1. The summed E-state index contributed by atoms with van der Waals surface area (Å²) in [5.41, 5.74) is 1.64. The number of carbonyl (C=O) groups excluding carboxylic acids is 3. The summed E-state index contributed by atoms with van der Waals surface area (Å²) in [6, 6.07) is 7.86. The van der Waals surface area contributed by atoms with E-state index in [0.717, 1.165) is 12.8 Å². The summed E-state index contributed by atoms with van der Waals surface area (Å²) < 4.78 is 0. The fourth-order valence-corrected chi connectivity index (χ4v) is 3.39. The second-order valence-corrected chi connectivity index (χ2v) is 6.97. The number of carbonyl (C=O) groups is 3. The third-order valence-corrected chi connectivity index (χ3v) is 4.70. The van der Waals surface area contributed by atoms with E-state index in [0.29, 0.717) is 12.8 Å². The quantitative estimate of drug-likeness (QED) is 0.810. The molecule has 6 heteroatoms. The average molecular weight is 329 g/mol. The number of aryl methyl sites for hydroxylation is 1. The van der Waals surface area contributed by atoms with Gasteiger partial charge in [-0.15, -0.1) is 0 Å². The van der Waals surface area contributed by atoms with Gasteiger partial charge in [0.2, 0.25) is 5.91 Å². The molecule has 24 heavy (non-hydrogen) atoms. The topological polar surface area (TPSA) is 78.5 Å². The van der Waals surface area contributed by atoms with Crippen LogP contribution in [0.15, 0.2) is 24.3 Å². The van der Waals surface area contributed by atoms with Crippen LogP contribution in [0.1, 0.15) is 50.3 Å². The molecule has 1 heterocycles. The standard InChI is InChI=1S/C18H23N3O3/c1-18(2)16(23)21(17(24)20-18)11-5-8-15(22)19-14-10-9-12-6-3-4-7-13(12)14/h3-4,6-7,14H,5,8-11H2,1-2H3,(H,19,22)(H,20,24). The summed E-state index contributed by atoms with van der Waals surface area (Å²) in [7, 11) is 0. The summed E-state index contributed by atoms with van der Waals surface area (Å²) in [5.74, 6) is -0.277. The summed E-state index contributed by atoms with van der Waals surface area (Å²) in [4.78, 5) is 37.2. The lowest BCUT2D eigenvalue weighted by molar-refractivity contribution is -0.130. The van der Waals surface area contributed by atoms with Crippen molar-refractivity contribution in [2.45, 2.75) is 51.1 Å². The van der Waals surface area contributed by atoms with Crippen LogP contribution in [0.25, 0.3) is 0 Å². The first-order chi connectivity index (χ1) is 11.4. The Morgan fingerprint density at radius 2 is 2.08 bits per heavy atom. The maximum absolute atomic E-state index is 12.2. The predicted molar refractivity (Wildman–Crippen MR) is 89.2 cm³/mol. The van der Waals surface area contributed by atoms with Gasteiger partial charge in [0.1, 0.15) is 5.54 Å². The number of hydrogen-bond donors (Lipinski definition) is 2. The molecule has 2 aliphatic rings. The van der Waals surface area contributed by atoms with E-state index >= 15 is 0 Å². The Morgan fingerprint density at radius 3 is 2.79 bits per heavy atom. The van der Waals surface area contributed by atoms with Gasteiger partial charge in [-0.05, 0) is 44.2 Å². The van der Waals surface area contributed by atoms with Gasteiger partial charge in [0.25, 0.3) is 5.91 Å². The lowest BCUT2D eigenvalue weighted by atomic mass is 10.1. The van der Waals surface area contributed by atoms with Crippen LogP contribution in [0.5, 0.6) is 0 Å². The van der Waals surface area contributed by atoms with Crippen molar-refractivity contribution < 1.29 is 14.4 Å². The molecule has 1 fully saturated rings. The van der Waals surface area contributed by atoms with Crippen molar-refractivity contribution in [3.63, 3.8) is 0 Å². The van der Waals surface area contributed by atoms with Gasteiger partial charge in [-0.1, -0.05) is 24.3 Å². The third kappa shape index (κ3) is 3.13. The Morgan fingerprint density at radius 1 is 1.33 bits per heavy atom. The van der Waals surface area contributed by atoms with Gasteiger partial charge in [0.05, 0.1) is 6.04 Å². The number of rotatable bonds is 5. The normalized spacial score (nSPS) is 21.6. The number of nitrogens with one attached hydrogen (secondary N) is 2. The van der Waals surface area contributed by atoms with Crippen LogP contribution >= 0.6 is 0 Å². The first kappa shape index (κ1) is 16.5. The van der Waals surface area contributed by atoms with Crippen molar-refractivity contribution >= 4 is 17.8 Å². The second-order valence-electron chi connectivity index (χ2n) is 6.97. The highest BCUT2D eigenvalue weighted by atomic mass is 16.2. The van der Waals surface area contributed by atoms with Crippen LogP contribution in [0.2, 0.25) is 0 Å². The van der Waals surface area contributed by atoms with Gasteiger partial charge in [0, 0.05) is 13.0 Å². The fraction of sp³-hybridized carbons (Fsp3) is 0.500. The lowest BCUT2D eigenvalue weighted by Gasteiger charge is -2.17. The van der Waals surface area contributed by atoms with Gasteiger partial charge in [-0.3, -0.25) is 14.5 Å². The number of amides is 4. The molecule has 1 aromatic carbocycles. The SMILES string of the molecule is CC1(C)NC(=O)N(CCCC(=O)NC2CCc3ccccc32)C1=O. The molecular weight excluding hydrogens is 306 g/mol. The molecule has 128 valence electrons. The molecule has 1 saturated heterocycles. The molecule has 2 N–H and O–H groups in total. The predicted octanol–water partition coefficient (Wildman–Crippen LogP) is 1.90. The van der Waals surface area contributed by atoms with Gasteiger partial charge >= 0.3 is 6.03 Å². The number of fused-ring (bicyclic) bond motifs is 1. The summed E-state index contributed by atoms with van der Waals surface area (Å²) >= 11 is 0. The minimum Gasteiger partial charge on any atom is -0.349 e. The molecule has 3 rings (SSSR count). The summed E-state index contributed by atoms with van der Waals surface area (Å²) in [5, 5.41) is 5.69. The van der Waals surface area contributed by atoms with Crippen molar-refractivity contribution in [3.8, 4) is 0 Å². The molecular formula is C18H23N3O3. The lowest BCUT2D eigenvalue weighted by Crippen LogP contribution is -2.40. The zero-order valence-electron chi connectivity index (χ0n) is 14.1. The van der Waals surface area contributed by atoms with E-state index in [9.17, 15) is 14.4 Å². The average Bonchev–Trinajstić information content (AvgIpc) is 3.01. The molecule has 1 atom stereocenters. The fourth-order valence-electron chi connectivity index (χ4n) is 3.39. The Balaban J connectivity index is 1.47. The second kappa shape index (κ2) is 6.26. The zero-order valence-corrected chi connectivity index (χ0v) is 14.1. The van der Waals surface area contributed by atoms with Gasteiger partial charge in [-0.25, -0.2) is 4.79 Å². The van der Waals surface area contributed by atoms with Gasteiger partial charge in [0.15, 0.2) is 0 Å². The zero-order chi connectivity index (χ0) is 17.3.